The van der Waals surface area contributed by atoms with Crippen LogP contribution in [0.25, 0.3) is 11.0 Å². The highest BCUT2D eigenvalue weighted by molar-refractivity contribution is 5.77. The lowest BCUT2D eigenvalue weighted by Crippen LogP contribution is -2.43. The van der Waals surface area contributed by atoms with Crippen LogP contribution < -0.4 is 5.32 Å². The van der Waals surface area contributed by atoms with Gasteiger partial charge in [0.15, 0.2) is 0 Å². The Morgan fingerprint density at radius 3 is 2.71 bits per heavy atom. The number of benzene rings is 1. The van der Waals surface area contributed by atoms with Gasteiger partial charge in [0.25, 0.3) is 0 Å². The van der Waals surface area contributed by atoms with Crippen LogP contribution in [0.1, 0.15) is 37.2 Å². The monoisotopic (exact) mass is 229 g/mol. The number of aromatic nitrogens is 2. The highest BCUT2D eigenvalue weighted by Crippen LogP contribution is 2.26. The summed E-state index contributed by atoms with van der Waals surface area (Å²) in [6.07, 6.45) is 0. The summed E-state index contributed by atoms with van der Waals surface area (Å²) in [5, 5.41) is 3.33. The SMILES string of the molecule is Cc1nc2ccc(C(C)C)cc2n1C1CNC1. The molecule has 90 valence electrons. The van der Waals surface area contributed by atoms with E-state index in [1.54, 1.807) is 0 Å². The maximum absolute atomic E-state index is 4.65. The van der Waals surface area contributed by atoms with E-state index in [4.69, 9.17) is 0 Å². The smallest absolute Gasteiger partial charge is 0.107 e. The zero-order valence-corrected chi connectivity index (χ0v) is 10.7. The molecule has 3 rings (SSSR count). The molecule has 0 spiro atoms. The van der Waals surface area contributed by atoms with Gasteiger partial charge in [-0.3, -0.25) is 0 Å². The van der Waals surface area contributed by atoms with Gasteiger partial charge in [-0.05, 0) is 30.5 Å². The van der Waals surface area contributed by atoms with Crippen molar-refractivity contribution in [1.82, 2.24) is 14.9 Å². The molecule has 0 saturated carbocycles. The van der Waals surface area contributed by atoms with Gasteiger partial charge in [-0.25, -0.2) is 4.98 Å². The van der Waals surface area contributed by atoms with Gasteiger partial charge in [0, 0.05) is 13.1 Å². The first kappa shape index (κ1) is 10.8. The molecule has 2 aromatic rings. The molecule has 1 N–H and O–H groups in total. The maximum atomic E-state index is 4.65. The quantitative estimate of drug-likeness (QED) is 0.858. The Morgan fingerprint density at radius 2 is 2.12 bits per heavy atom. The minimum Gasteiger partial charge on any atom is -0.323 e. The summed E-state index contributed by atoms with van der Waals surface area (Å²) in [7, 11) is 0. The lowest BCUT2D eigenvalue weighted by molar-refractivity contribution is 0.345. The molecule has 0 aliphatic carbocycles. The summed E-state index contributed by atoms with van der Waals surface area (Å²) >= 11 is 0. The van der Waals surface area contributed by atoms with Crippen LogP contribution in [0.2, 0.25) is 0 Å². The van der Waals surface area contributed by atoms with E-state index in [0.29, 0.717) is 12.0 Å². The predicted octanol–water partition coefficient (Wildman–Crippen LogP) is 2.61. The molecule has 3 heteroatoms. The molecule has 1 aliphatic rings. The van der Waals surface area contributed by atoms with Gasteiger partial charge in [0.05, 0.1) is 17.1 Å². The molecule has 2 heterocycles. The molecule has 1 aromatic carbocycles. The molecule has 0 radical (unpaired) electrons. The number of nitrogens with one attached hydrogen (secondary N) is 1. The molecule has 0 unspecified atom stereocenters. The van der Waals surface area contributed by atoms with E-state index >= 15 is 0 Å². The van der Waals surface area contributed by atoms with Gasteiger partial charge < -0.3 is 9.88 Å². The van der Waals surface area contributed by atoms with Gasteiger partial charge in [-0.1, -0.05) is 19.9 Å². The maximum Gasteiger partial charge on any atom is 0.107 e. The van der Waals surface area contributed by atoms with Crippen molar-refractivity contribution in [3.05, 3.63) is 29.6 Å². The lowest BCUT2D eigenvalue weighted by Gasteiger charge is -2.30. The van der Waals surface area contributed by atoms with Crippen LogP contribution in [0.4, 0.5) is 0 Å². The molecule has 1 saturated heterocycles. The molecule has 0 atom stereocenters. The van der Waals surface area contributed by atoms with E-state index in [0.717, 1.165) is 24.4 Å². The fourth-order valence-electron chi connectivity index (χ4n) is 2.51. The van der Waals surface area contributed by atoms with Crippen molar-refractivity contribution < 1.29 is 0 Å². The fraction of sp³-hybridized carbons (Fsp3) is 0.500. The second-order valence-corrected chi connectivity index (χ2v) is 5.24. The Balaban J connectivity index is 2.18. The van der Waals surface area contributed by atoms with Crippen LogP contribution in [0, 0.1) is 6.92 Å². The summed E-state index contributed by atoms with van der Waals surface area (Å²) in [6.45, 7) is 8.71. The van der Waals surface area contributed by atoms with E-state index in [2.05, 4.69) is 53.8 Å². The zero-order valence-electron chi connectivity index (χ0n) is 10.7. The molecule has 1 fully saturated rings. The Bertz CT molecular complexity index is 550. The molecule has 0 bridgehead atoms. The summed E-state index contributed by atoms with van der Waals surface area (Å²) in [6, 6.07) is 7.24. The molecule has 0 amide bonds. The minimum atomic E-state index is 0.572. The third kappa shape index (κ3) is 1.65. The van der Waals surface area contributed by atoms with E-state index in [1.807, 2.05) is 0 Å². The van der Waals surface area contributed by atoms with Crippen LogP contribution in [-0.4, -0.2) is 22.6 Å². The first-order valence-electron chi connectivity index (χ1n) is 6.36. The molecule has 3 nitrogen and oxygen atoms in total. The minimum absolute atomic E-state index is 0.572. The number of hydrogen-bond donors (Lipinski definition) is 1. The van der Waals surface area contributed by atoms with Crippen molar-refractivity contribution in [3.63, 3.8) is 0 Å². The van der Waals surface area contributed by atoms with Crippen LogP contribution >= 0.6 is 0 Å². The van der Waals surface area contributed by atoms with Crippen LogP contribution in [-0.2, 0) is 0 Å². The second kappa shape index (κ2) is 3.84. The summed E-state index contributed by atoms with van der Waals surface area (Å²) in [4.78, 5) is 4.65. The molecular formula is C14H19N3. The van der Waals surface area contributed by atoms with Gasteiger partial charge in [0.1, 0.15) is 5.82 Å². The summed E-state index contributed by atoms with van der Waals surface area (Å²) in [5.74, 6) is 1.70. The average molecular weight is 229 g/mol. The Morgan fingerprint density at radius 1 is 1.35 bits per heavy atom. The van der Waals surface area contributed by atoms with Crippen LogP contribution in [0.15, 0.2) is 18.2 Å². The van der Waals surface area contributed by atoms with Crippen molar-refractivity contribution in [2.24, 2.45) is 0 Å². The Kier molecular flexibility index (Phi) is 2.44. The van der Waals surface area contributed by atoms with E-state index in [9.17, 15) is 0 Å². The molecular weight excluding hydrogens is 210 g/mol. The Labute approximate surface area is 102 Å². The standard InChI is InChI=1S/C14H19N3/c1-9(2)11-4-5-13-14(6-11)17(10(3)16-13)12-7-15-8-12/h4-6,9,12,15H,7-8H2,1-3H3. The van der Waals surface area contributed by atoms with Crippen molar-refractivity contribution in [2.75, 3.05) is 13.1 Å². The van der Waals surface area contributed by atoms with Gasteiger partial charge in [0.2, 0.25) is 0 Å². The average Bonchev–Trinajstić information content (AvgIpc) is 2.53. The largest absolute Gasteiger partial charge is 0.323 e. The highest BCUT2D eigenvalue weighted by atomic mass is 15.2. The van der Waals surface area contributed by atoms with Crippen molar-refractivity contribution >= 4 is 11.0 Å². The third-order valence-corrected chi connectivity index (χ3v) is 3.68. The fourth-order valence-corrected chi connectivity index (χ4v) is 2.51. The lowest BCUT2D eigenvalue weighted by atomic mass is 10.0. The molecule has 1 aliphatic heterocycles. The van der Waals surface area contributed by atoms with Gasteiger partial charge in [-0.15, -0.1) is 0 Å². The second-order valence-electron chi connectivity index (χ2n) is 5.24. The number of fused-ring (bicyclic) bond motifs is 1. The molecule has 17 heavy (non-hydrogen) atoms. The van der Waals surface area contributed by atoms with Crippen molar-refractivity contribution in [1.29, 1.82) is 0 Å². The number of aryl methyl sites for hydroxylation is 1. The summed E-state index contributed by atoms with van der Waals surface area (Å²) < 4.78 is 2.39. The topological polar surface area (TPSA) is 29.9 Å². The predicted molar refractivity (Wildman–Crippen MR) is 70.5 cm³/mol. The Hall–Kier alpha value is -1.35. The normalized spacial score (nSPS) is 16.7. The first-order valence-corrected chi connectivity index (χ1v) is 6.36. The number of imidazole rings is 1. The van der Waals surface area contributed by atoms with Crippen LogP contribution in [0.5, 0.6) is 0 Å². The highest BCUT2D eigenvalue weighted by Gasteiger charge is 2.22. The van der Waals surface area contributed by atoms with E-state index < -0.39 is 0 Å². The van der Waals surface area contributed by atoms with E-state index in [-0.39, 0.29) is 0 Å². The number of hydrogen-bond acceptors (Lipinski definition) is 2. The van der Waals surface area contributed by atoms with E-state index in [1.165, 1.54) is 11.1 Å². The van der Waals surface area contributed by atoms with Gasteiger partial charge in [-0.2, -0.15) is 0 Å². The third-order valence-electron chi connectivity index (χ3n) is 3.68. The number of nitrogens with zero attached hydrogens (tertiary/aromatic N) is 2. The van der Waals surface area contributed by atoms with Crippen molar-refractivity contribution in [3.8, 4) is 0 Å². The van der Waals surface area contributed by atoms with Crippen molar-refractivity contribution in [2.45, 2.75) is 32.7 Å². The molecule has 1 aromatic heterocycles. The van der Waals surface area contributed by atoms with Crippen LogP contribution in [0.3, 0.4) is 0 Å². The number of rotatable bonds is 2. The summed E-state index contributed by atoms with van der Waals surface area (Å²) in [5.41, 5.74) is 3.81. The first-order chi connectivity index (χ1) is 8.16. The van der Waals surface area contributed by atoms with Gasteiger partial charge >= 0.3 is 0 Å². The zero-order chi connectivity index (χ0) is 12.0.